The van der Waals surface area contributed by atoms with Gasteiger partial charge in [-0.3, -0.25) is 4.79 Å². The van der Waals surface area contributed by atoms with Gasteiger partial charge in [0.05, 0.1) is 0 Å². The van der Waals surface area contributed by atoms with E-state index in [0.717, 1.165) is 0 Å². The molecule has 7 heteroatoms. The highest BCUT2D eigenvalue weighted by Gasteiger charge is 2.33. The molecule has 1 atom stereocenters. The van der Waals surface area contributed by atoms with Gasteiger partial charge in [0.25, 0.3) is 0 Å². The Morgan fingerprint density at radius 1 is 1.28 bits per heavy atom. The van der Waals surface area contributed by atoms with Crippen LogP contribution in [0.2, 0.25) is 5.02 Å². The largest absolute Gasteiger partial charge is 0.362 e. The minimum atomic E-state index is -1.66. The van der Waals surface area contributed by atoms with Crippen molar-refractivity contribution in [1.82, 2.24) is 5.32 Å². The van der Waals surface area contributed by atoms with Crippen LogP contribution in [0.25, 0.3) is 0 Å². The van der Waals surface area contributed by atoms with Gasteiger partial charge in [-0.25, -0.2) is 0 Å². The quantitative estimate of drug-likeness (QED) is 0.648. The van der Waals surface area contributed by atoms with E-state index in [1.54, 1.807) is 31.2 Å². The third-order valence-electron chi connectivity index (χ3n) is 2.11. The molecule has 0 aliphatic carbocycles. The highest BCUT2D eigenvalue weighted by molar-refractivity contribution is 6.68. The van der Waals surface area contributed by atoms with Crippen molar-refractivity contribution in [3.05, 3.63) is 29.3 Å². The molecule has 0 heterocycles. The Morgan fingerprint density at radius 2 is 1.83 bits per heavy atom. The molecule has 1 aromatic rings. The van der Waals surface area contributed by atoms with Gasteiger partial charge in [0, 0.05) is 17.1 Å². The lowest BCUT2D eigenvalue weighted by atomic mass is 10.3. The second kappa shape index (κ2) is 6.71. The number of hydrogen-bond acceptors (Lipinski definition) is 2. The van der Waals surface area contributed by atoms with Crippen LogP contribution < -0.4 is 10.6 Å². The predicted molar refractivity (Wildman–Crippen MR) is 77.6 cm³/mol. The van der Waals surface area contributed by atoms with Crippen molar-refractivity contribution >= 4 is 58.0 Å². The maximum Gasteiger partial charge on any atom is 0.228 e. The van der Waals surface area contributed by atoms with Gasteiger partial charge in [-0.15, -0.1) is 0 Å². The Balaban J connectivity index is 2.78. The van der Waals surface area contributed by atoms with Crippen LogP contribution in [0.15, 0.2) is 24.3 Å². The summed E-state index contributed by atoms with van der Waals surface area (Å²) in [4.78, 5) is 11.4. The number of alkyl halides is 3. The molecule has 0 saturated carbocycles. The van der Waals surface area contributed by atoms with E-state index in [1.165, 1.54) is 0 Å². The second-order valence-electron chi connectivity index (χ2n) is 3.55. The summed E-state index contributed by atoms with van der Waals surface area (Å²) in [6, 6.07) is 6.84. The smallest absolute Gasteiger partial charge is 0.228 e. The number of anilines is 1. The molecule has 1 aromatic carbocycles. The Morgan fingerprint density at radius 3 is 2.28 bits per heavy atom. The normalized spacial score (nSPS) is 12.9. The molecule has 100 valence electrons. The lowest BCUT2D eigenvalue weighted by Gasteiger charge is -2.27. The molecule has 1 amide bonds. The molecule has 0 radical (unpaired) electrons. The van der Waals surface area contributed by atoms with Crippen molar-refractivity contribution in [3.63, 3.8) is 0 Å². The van der Waals surface area contributed by atoms with Gasteiger partial charge in [0.1, 0.15) is 6.17 Å². The summed E-state index contributed by atoms with van der Waals surface area (Å²) in [5.74, 6) is -0.215. The maximum atomic E-state index is 11.4. The van der Waals surface area contributed by atoms with Gasteiger partial charge in [0.2, 0.25) is 9.70 Å². The zero-order valence-electron chi connectivity index (χ0n) is 9.51. The lowest BCUT2D eigenvalue weighted by Crippen LogP contribution is -2.48. The van der Waals surface area contributed by atoms with E-state index in [1.807, 2.05) is 0 Å². The molecule has 3 nitrogen and oxygen atoms in total. The van der Waals surface area contributed by atoms with Gasteiger partial charge in [-0.05, 0) is 24.3 Å². The number of benzene rings is 1. The van der Waals surface area contributed by atoms with Crippen molar-refractivity contribution in [2.75, 3.05) is 5.32 Å². The highest BCUT2D eigenvalue weighted by atomic mass is 35.6. The average molecular weight is 330 g/mol. The molecule has 0 aromatic heterocycles. The number of hydrogen-bond donors (Lipinski definition) is 2. The standard InChI is InChI=1S/C11H12Cl4N2O/c1-2-9(18)17-10(11(13,14)15)16-8-5-3-7(12)4-6-8/h3-6,10,16H,2H2,1H3,(H,17,18)/t10-/m1/s1. The van der Waals surface area contributed by atoms with Crippen molar-refractivity contribution in [3.8, 4) is 0 Å². The number of amides is 1. The Bertz CT molecular complexity index is 402. The van der Waals surface area contributed by atoms with Crippen molar-refractivity contribution in [2.45, 2.75) is 23.3 Å². The van der Waals surface area contributed by atoms with Gasteiger partial charge in [0.15, 0.2) is 0 Å². The summed E-state index contributed by atoms with van der Waals surface area (Å²) in [5.41, 5.74) is 0.687. The molecule has 0 saturated heterocycles. The van der Waals surface area contributed by atoms with Crippen molar-refractivity contribution in [2.24, 2.45) is 0 Å². The Hall–Kier alpha value is -0.350. The third-order valence-corrected chi connectivity index (χ3v) is 3.02. The summed E-state index contributed by atoms with van der Waals surface area (Å²) < 4.78 is -1.66. The SMILES string of the molecule is CCC(=O)N[C@@H](Nc1ccc(Cl)cc1)C(Cl)(Cl)Cl. The van der Waals surface area contributed by atoms with E-state index < -0.39 is 9.96 Å². The number of nitrogens with one attached hydrogen (secondary N) is 2. The van der Waals surface area contributed by atoms with Gasteiger partial charge in [-0.2, -0.15) is 0 Å². The number of carbonyl (C=O) groups is 1. The van der Waals surface area contributed by atoms with Crippen LogP contribution in [-0.2, 0) is 4.79 Å². The summed E-state index contributed by atoms with van der Waals surface area (Å²) in [7, 11) is 0. The molecule has 0 bridgehead atoms. The molecule has 0 unspecified atom stereocenters. The molecule has 2 N–H and O–H groups in total. The zero-order valence-corrected chi connectivity index (χ0v) is 12.5. The first-order valence-corrected chi connectivity index (χ1v) is 6.72. The Kier molecular flexibility index (Phi) is 5.86. The third kappa shape index (κ3) is 5.11. The summed E-state index contributed by atoms with van der Waals surface area (Å²) in [6.07, 6.45) is -0.518. The average Bonchev–Trinajstić information content (AvgIpc) is 2.29. The minimum absolute atomic E-state index is 0.215. The van der Waals surface area contributed by atoms with Crippen LogP contribution in [0.4, 0.5) is 5.69 Å². The molecule has 0 fully saturated rings. The van der Waals surface area contributed by atoms with E-state index in [4.69, 9.17) is 46.4 Å². The summed E-state index contributed by atoms with van der Waals surface area (Å²) in [6.45, 7) is 1.72. The minimum Gasteiger partial charge on any atom is -0.362 e. The molecule has 0 aliphatic heterocycles. The van der Waals surface area contributed by atoms with E-state index in [2.05, 4.69) is 10.6 Å². The fourth-order valence-electron chi connectivity index (χ4n) is 1.18. The van der Waals surface area contributed by atoms with Gasteiger partial charge < -0.3 is 10.6 Å². The highest BCUT2D eigenvalue weighted by Crippen LogP contribution is 2.31. The number of carbonyl (C=O) groups excluding carboxylic acids is 1. The first kappa shape index (κ1) is 15.7. The van der Waals surface area contributed by atoms with Crippen LogP contribution in [-0.4, -0.2) is 15.9 Å². The fraction of sp³-hybridized carbons (Fsp3) is 0.364. The molecule has 18 heavy (non-hydrogen) atoms. The monoisotopic (exact) mass is 328 g/mol. The predicted octanol–water partition coefficient (Wildman–Crippen LogP) is 3.97. The van der Waals surface area contributed by atoms with Gasteiger partial charge in [-0.1, -0.05) is 53.3 Å². The molecular weight excluding hydrogens is 318 g/mol. The topological polar surface area (TPSA) is 41.1 Å². The van der Waals surface area contributed by atoms with Crippen LogP contribution in [0, 0.1) is 0 Å². The molecule has 1 rings (SSSR count). The van der Waals surface area contributed by atoms with Crippen LogP contribution in [0.1, 0.15) is 13.3 Å². The summed E-state index contributed by atoms with van der Waals surface area (Å²) in [5, 5.41) is 6.12. The summed E-state index contributed by atoms with van der Waals surface area (Å²) >= 11 is 23.2. The van der Waals surface area contributed by atoms with Crippen molar-refractivity contribution < 1.29 is 4.79 Å². The second-order valence-corrected chi connectivity index (χ2v) is 6.35. The fourth-order valence-corrected chi connectivity index (χ4v) is 1.63. The number of rotatable bonds is 4. The van der Waals surface area contributed by atoms with Gasteiger partial charge >= 0.3 is 0 Å². The van der Waals surface area contributed by atoms with Crippen LogP contribution in [0.5, 0.6) is 0 Å². The van der Waals surface area contributed by atoms with Crippen LogP contribution in [0.3, 0.4) is 0 Å². The maximum absolute atomic E-state index is 11.4. The van der Waals surface area contributed by atoms with E-state index in [9.17, 15) is 4.79 Å². The van der Waals surface area contributed by atoms with E-state index in [-0.39, 0.29) is 5.91 Å². The van der Waals surface area contributed by atoms with Crippen LogP contribution >= 0.6 is 46.4 Å². The first-order valence-electron chi connectivity index (χ1n) is 5.21. The molecule has 0 aliphatic rings. The molecule has 0 spiro atoms. The zero-order chi connectivity index (χ0) is 13.8. The lowest BCUT2D eigenvalue weighted by molar-refractivity contribution is -0.121. The molecular formula is C11H12Cl4N2O. The number of halogens is 4. The first-order chi connectivity index (χ1) is 8.32. The Labute approximate surface area is 126 Å². The van der Waals surface area contributed by atoms with E-state index >= 15 is 0 Å². The van der Waals surface area contributed by atoms with E-state index in [0.29, 0.717) is 17.1 Å². The van der Waals surface area contributed by atoms with Crippen molar-refractivity contribution in [1.29, 1.82) is 0 Å².